The van der Waals surface area contributed by atoms with E-state index < -0.39 is 5.91 Å². The van der Waals surface area contributed by atoms with Crippen LogP contribution in [0.5, 0.6) is 11.5 Å². The Hall–Kier alpha value is -2.37. The van der Waals surface area contributed by atoms with Crippen molar-refractivity contribution in [1.82, 2.24) is 5.43 Å². The summed E-state index contributed by atoms with van der Waals surface area (Å²) in [5, 5.41) is 4.87. The van der Waals surface area contributed by atoms with Gasteiger partial charge in [-0.3, -0.25) is 4.79 Å². The van der Waals surface area contributed by atoms with Gasteiger partial charge in [-0.2, -0.15) is 5.10 Å². The maximum atomic E-state index is 12.5. The second kappa shape index (κ2) is 10.9. The number of nitrogens with one attached hydrogen (secondary N) is 1. The average molecular weight is 698 g/mol. The van der Waals surface area contributed by atoms with Crippen LogP contribution in [0.25, 0.3) is 11.0 Å². The molecule has 0 aliphatic heterocycles. The maximum Gasteiger partial charge on any atom is 0.307 e. The van der Waals surface area contributed by atoms with Crippen LogP contribution in [0.3, 0.4) is 0 Å². The molecule has 0 radical (unpaired) electrons. The van der Waals surface area contributed by atoms with Gasteiger partial charge >= 0.3 is 5.91 Å². The molecular formula is C25H19Br2IN2O4. The zero-order valence-corrected chi connectivity index (χ0v) is 23.5. The number of halogens is 3. The van der Waals surface area contributed by atoms with Crippen molar-refractivity contribution in [2.75, 3.05) is 7.11 Å². The fourth-order valence-corrected chi connectivity index (χ4v) is 5.44. The molecule has 6 nitrogen and oxygen atoms in total. The lowest BCUT2D eigenvalue weighted by molar-refractivity contribution is 0.0929. The van der Waals surface area contributed by atoms with E-state index in [9.17, 15) is 4.79 Å². The Morgan fingerprint density at radius 2 is 2.00 bits per heavy atom. The summed E-state index contributed by atoms with van der Waals surface area (Å²) in [5.74, 6) is 0.957. The van der Waals surface area contributed by atoms with Gasteiger partial charge < -0.3 is 13.9 Å². The highest BCUT2D eigenvalue weighted by Crippen LogP contribution is 2.34. The monoisotopic (exact) mass is 696 g/mol. The summed E-state index contributed by atoms with van der Waals surface area (Å²) < 4.78 is 19.7. The van der Waals surface area contributed by atoms with Crippen molar-refractivity contribution in [2.24, 2.45) is 5.10 Å². The molecule has 9 heteroatoms. The highest BCUT2D eigenvalue weighted by molar-refractivity contribution is 14.1. The smallest absolute Gasteiger partial charge is 0.307 e. The third kappa shape index (κ3) is 5.81. The van der Waals surface area contributed by atoms with Gasteiger partial charge in [0, 0.05) is 9.86 Å². The third-order valence-corrected chi connectivity index (χ3v) is 6.70. The minimum Gasteiger partial charge on any atom is -0.493 e. The molecule has 1 amide bonds. The quantitative estimate of drug-likeness (QED) is 0.126. The third-order valence-electron chi connectivity index (χ3n) is 4.86. The number of amides is 1. The predicted octanol–water partition coefficient (Wildman–Crippen LogP) is 7.22. The number of fused-ring (bicyclic) bond motifs is 1. The first-order chi connectivity index (χ1) is 16.3. The minimum atomic E-state index is -0.449. The van der Waals surface area contributed by atoms with Crippen LogP contribution in [0.2, 0.25) is 0 Å². The number of hydrogen-bond donors (Lipinski definition) is 1. The van der Waals surface area contributed by atoms with Crippen LogP contribution in [0.1, 0.15) is 27.2 Å². The molecule has 174 valence electrons. The van der Waals surface area contributed by atoms with Gasteiger partial charge in [0.25, 0.3) is 0 Å². The molecule has 1 N–H and O–H groups in total. The highest BCUT2D eigenvalue weighted by Gasteiger charge is 2.15. The van der Waals surface area contributed by atoms with Crippen molar-refractivity contribution in [3.63, 3.8) is 0 Å². The molecule has 34 heavy (non-hydrogen) atoms. The largest absolute Gasteiger partial charge is 0.493 e. The molecule has 0 saturated carbocycles. The lowest BCUT2D eigenvalue weighted by atomic mass is 10.1. The number of hydrazone groups is 1. The van der Waals surface area contributed by atoms with Crippen molar-refractivity contribution < 1.29 is 18.7 Å². The summed E-state index contributed by atoms with van der Waals surface area (Å²) in [6.45, 7) is 2.48. The molecule has 0 spiro atoms. The molecule has 0 atom stereocenters. The molecule has 3 aromatic carbocycles. The molecule has 0 saturated heterocycles. The summed E-state index contributed by atoms with van der Waals surface area (Å²) in [7, 11) is 1.59. The Morgan fingerprint density at radius 1 is 1.18 bits per heavy atom. The zero-order valence-electron chi connectivity index (χ0n) is 18.2. The van der Waals surface area contributed by atoms with E-state index >= 15 is 0 Å². The van der Waals surface area contributed by atoms with E-state index in [4.69, 9.17) is 13.9 Å². The second-order valence-electron chi connectivity index (χ2n) is 7.43. The van der Waals surface area contributed by atoms with Crippen LogP contribution in [-0.4, -0.2) is 19.2 Å². The first-order valence-electron chi connectivity index (χ1n) is 10.1. The maximum absolute atomic E-state index is 12.5. The van der Waals surface area contributed by atoms with E-state index in [1.807, 2.05) is 43.3 Å². The van der Waals surface area contributed by atoms with E-state index in [-0.39, 0.29) is 5.76 Å². The molecule has 0 aliphatic carbocycles. The number of furan rings is 1. The van der Waals surface area contributed by atoms with E-state index in [0.717, 1.165) is 29.0 Å². The van der Waals surface area contributed by atoms with Crippen molar-refractivity contribution in [1.29, 1.82) is 0 Å². The fraction of sp³-hybridized carbons (Fsp3) is 0.120. The number of hydrogen-bond acceptors (Lipinski definition) is 5. The summed E-state index contributed by atoms with van der Waals surface area (Å²) >= 11 is 9.06. The van der Waals surface area contributed by atoms with E-state index in [0.29, 0.717) is 23.7 Å². The first kappa shape index (κ1) is 24.7. The number of carbonyl (C=O) groups is 1. The number of nitrogens with zero attached hydrogens (tertiary/aromatic N) is 1. The molecule has 0 fully saturated rings. The summed E-state index contributed by atoms with van der Waals surface area (Å²) in [4.78, 5) is 12.5. The van der Waals surface area contributed by atoms with Crippen LogP contribution in [0, 0.1) is 10.5 Å². The van der Waals surface area contributed by atoms with Crippen molar-refractivity contribution in [3.8, 4) is 11.5 Å². The van der Waals surface area contributed by atoms with Crippen molar-refractivity contribution in [2.45, 2.75) is 13.5 Å². The Labute approximate surface area is 227 Å². The van der Waals surface area contributed by atoms with Crippen LogP contribution in [0.4, 0.5) is 0 Å². The Morgan fingerprint density at radius 3 is 2.76 bits per heavy atom. The van der Waals surface area contributed by atoms with Crippen LogP contribution in [0.15, 0.2) is 73.1 Å². The van der Waals surface area contributed by atoms with Gasteiger partial charge in [-0.1, -0.05) is 45.8 Å². The number of rotatable bonds is 7. The average Bonchev–Trinajstić information content (AvgIpc) is 3.22. The van der Waals surface area contributed by atoms with Crippen molar-refractivity contribution >= 4 is 77.5 Å². The zero-order chi connectivity index (χ0) is 24.2. The molecule has 0 bridgehead atoms. The summed E-state index contributed by atoms with van der Waals surface area (Å²) in [5.41, 5.74) is 6.11. The topological polar surface area (TPSA) is 73.1 Å². The van der Waals surface area contributed by atoms with Gasteiger partial charge in [0.05, 0.1) is 21.4 Å². The molecule has 1 heterocycles. The van der Waals surface area contributed by atoms with Crippen LogP contribution in [-0.2, 0) is 6.61 Å². The van der Waals surface area contributed by atoms with Crippen LogP contribution >= 0.6 is 54.5 Å². The normalized spacial score (nSPS) is 11.2. The SMILES string of the molecule is COc1cc(/C=N\NC(=O)c2cc3cc(Br)cc(Br)c3o2)cc(I)c1OCc1cccc(C)c1. The standard InChI is InChI=1S/C25H19Br2IN2O4/c1-14-4-3-5-15(6-14)13-33-24-20(28)7-16(8-21(24)32-2)12-29-30-25(31)22-10-17-9-18(26)11-19(27)23(17)34-22/h3-12H,13H2,1-2H3,(H,30,31)/b29-12-. The Balaban J connectivity index is 1.46. The van der Waals surface area contributed by atoms with Gasteiger partial charge in [0.2, 0.25) is 0 Å². The van der Waals surface area contributed by atoms with Gasteiger partial charge in [-0.15, -0.1) is 0 Å². The van der Waals surface area contributed by atoms with E-state index in [2.05, 4.69) is 71.0 Å². The summed E-state index contributed by atoms with van der Waals surface area (Å²) in [6.07, 6.45) is 1.54. The number of carbonyl (C=O) groups excluding carboxylic acids is 1. The van der Waals surface area contributed by atoms with E-state index in [1.165, 1.54) is 5.56 Å². The highest BCUT2D eigenvalue weighted by atomic mass is 127. The van der Waals surface area contributed by atoms with Crippen molar-refractivity contribution in [3.05, 3.63) is 89.6 Å². The van der Waals surface area contributed by atoms with E-state index in [1.54, 1.807) is 25.5 Å². The number of benzene rings is 3. The first-order valence-corrected chi connectivity index (χ1v) is 12.8. The molecular weight excluding hydrogens is 679 g/mol. The number of ether oxygens (including phenoxy) is 2. The summed E-state index contributed by atoms with van der Waals surface area (Å²) in [6, 6.07) is 17.3. The number of methoxy groups -OCH3 is 1. The molecule has 4 rings (SSSR count). The Kier molecular flexibility index (Phi) is 7.95. The molecule has 1 aromatic heterocycles. The lowest BCUT2D eigenvalue weighted by Crippen LogP contribution is -2.16. The molecule has 0 aliphatic rings. The van der Waals surface area contributed by atoms with Gasteiger partial charge in [0.15, 0.2) is 17.3 Å². The second-order valence-corrected chi connectivity index (χ2v) is 10.4. The lowest BCUT2D eigenvalue weighted by Gasteiger charge is -2.14. The predicted molar refractivity (Wildman–Crippen MR) is 148 cm³/mol. The van der Waals surface area contributed by atoms with Gasteiger partial charge in [0.1, 0.15) is 12.2 Å². The number of aryl methyl sites for hydroxylation is 1. The van der Waals surface area contributed by atoms with Crippen LogP contribution < -0.4 is 14.9 Å². The van der Waals surface area contributed by atoms with Gasteiger partial charge in [-0.25, -0.2) is 5.43 Å². The fourth-order valence-electron chi connectivity index (χ4n) is 3.32. The Bertz CT molecular complexity index is 1400. The minimum absolute atomic E-state index is 0.165. The van der Waals surface area contributed by atoms with Gasteiger partial charge in [-0.05, 0) is 86.9 Å². The molecule has 4 aromatic rings. The molecule has 0 unspecified atom stereocenters.